The van der Waals surface area contributed by atoms with Crippen molar-refractivity contribution in [2.75, 3.05) is 25.0 Å². The number of halogens is 1. The van der Waals surface area contributed by atoms with Crippen molar-refractivity contribution in [3.8, 4) is 5.75 Å². The van der Waals surface area contributed by atoms with Gasteiger partial charge in [-0.1, -0.05) is 11.6 Å². The van der Waals surface area contributed by atoms with E-state index in [-0.39, 0.29) is 28.1 Å². The van der Waals surface area contributed by atoms with Crippen LogP contribution in [-0.4, -0.2) is 44.2 Å². The van der Waals surface area contributed by atoms with Crippen LogP contribution in [0, 0.1) is 5.92 Å². The van der Waals surface area contributed by atoms with Gasteiger partial charge in [0.2, 0.25) is 21.8 Å². The summed E-state index contributed by atoms with van der Waals surface area (Å²) in [7, 11) is -3.90. The van der Waals surface area contributed by atoms with Crippen molar-refractivity contribution in [3.05, 3.63) is 53.1 Å². The fraction of sp³-hybridized carbons (Fsp3) is 0.333. The molecular weight excluding hydrogens is 442 g/mol. The Hall–Kier alpha value is -2.62. The smallest absolute Gasteiger partial charge is 0.248 e. The fourth-order valence-corrected chi connectivity index (χ4v) is 5.35. The Labute approximate surface area is 186 Å². The predicted molar refractivity (Wildman–Crippen MR) is 118 cm³/mol. The molecule has 2 amide bonds. The zero-order valence-electron chi connectivity index (χ0n) is 17.0. The highest BCUT2D eigenvalue weighted by Gasteiger charge is 2.35. The number of carbonyl (C=O) groups is 2. The van der Waals surface area contributed by atoms with Crippen LogP contribution in [0.5, 0.6) is 5.75 Å². The van der Waals surface area contributed by atoms with Gasteiger partial charge in [0.25, 0.3) is 0 Å². The number of nitrogens with two attached hydrogens (primary N) is 1. The lowest BCUT2D eigenvalue weighted by Crippen LogP contribution is -2.43. The molecule has 8 nitrogen and oxygen atoms in total. The van der Waals surface area contributed by atoms with E-state index in [1.165, 1.54) is 28.6 Å². The van der Waals surface area contributed by atoms with E-state index in [1.54, 1.807) is 25.1 Å². The van der Waals surface area contributed by atoms with Crippen LogP contribution in [0.4, 0.5) is 5.69 Å². The Bertz CT molecular complexity index is 1070. The van der Waals surface area contributed by atoms with E-state index in [4.69, 9.17) is 22.1 Å². The molecule has 0 radical (unpaired) electrons. The lowest BCUT2D eigenvalue weighted by Gasteiger charge is -2.31. The van der Waals surface area contributed by atoms with Gasteiger partial charge in [-0.25, -0.2) is 8.42 Å². The average molecular weight is 466 g/mol. The van der Waals surface area contributed by atoms with E-state index in [0.29, 0.717) is 37.2 Å². The zero-order chi connectivity index (χ0) is 22.6. The number of hydrogen-bond donors (Lipinski definition) is 2. The molecule has 31 heavy (non-hydrogen) atoms. The van der Waals surface area contributed by atoms with Crippen molar-refractivity contribution in [2.24, 2.45) is 11.7 Å². The molecule has 2 aromatic carbocycles. The SMILES string of the molecule is CCOc1ccc(Cl)cc1S(=O)(=O)N1CCCC(C(=O)Nc2ccc(C(N)=O)cc2)C1. The highest BCUT2D eigenvalue weighted by molar-refractivity contribution is 7.89. The Morgan fingerprint density at radius 1 is 1.23 bits per heavy atom. The summed E-state index contributed by atoms with van der Waals surface area (Å²) >= 11 is 6.03. The molecule has 3 N–H and O–H groups in total. The lowest BCUT2D eigenvalue weighted by molar-refractivity contribution is -0.120. The molecule has 166 valence electrons. The van der Waals surface area contributed by atoms with E-state index < -0.39 is 21.8 Å². The Balaban J connectivity index is 1.76. The Kier molecular flexibility index (Phi) is 7.19. The van der Waals surface area contributed by atoms with Gasteiger partial charge in [-0.05, 0) is 62.2 Å². The van der Waals surface area contributed by atoms with Gasteiger partial charge in [-0.2, -0.15) is 4.31 Å². The third-order valence-corrected chi connectivity index (χ3v) is 7.14. The summed E-state index contributed by atoms with van der Waals surface area (Å²) in [4.78, 5) is 23.9. The van der Waals surface area contributed by atoms with Crippen molar-refractivity contribution < 1.29 is 22.7 Å². The average Bonchev–Trinajstić information content (AvgIpc) is 2.75. The molecule has 0 aliphatic carbocycles. The maximum atomic E-state index is 13.3. The second kappa shape index (κ2) is 9.67. The molecule has 2 aromatic rings. The summed E-state index contributed by atoms with van der Waals surface area (Å²) in [6, 6.07) is 10.7. The largest absolute Gasteiger partial charge is 0.492 e. The first kappa shape index (κ1) is 23.1. The van der Waals surface area contributed by atoms with Crippen molar-refractivity contribution in [2.45, 2.75) is 24.7 Å². The number of carbonyl (C=O) groups excluding carboxylic acids is 2. The molecule has 1 saturated heterocycles. The van der Waals surface area contributed by atoms with E-state index in [1.807, 2.05) is 0 Å². The third-order valence-electron chi connectivity index (χ3n) is 5.02. The highest BCUT2D eigenvalue weighted by atomic mass is 35.5. The van der Waals surface area contributed by atoms with Gasteiger partial charge in [-0.3, -0.25) is 9.59 Å². The minimum Gasteiger partial charge on any atom is -0.492 e. The van der Waals surface area contributed by atoms with Crippen molar-refractivity contribution in [3.63, 3.8) is 0 Å². The van der Waals surface area contributed by atoms with Gasteiger partial charge in [0.15, 0.2) is 0 Å². The minimum atomic E-state index is -3.90. The second-order valence-corrected chi connectivity index (χ2v) is 9.50. The maximum absolute atomic E-state index is 13.3. The molecule has 1 unspecified atom stereocenters. The van der Waals surface area contributed by atoms with Crippen LogP contribution in [0.15, 0.2) is 47.4 Å². The number of nitrogens with one attached hydrogen (secondary N) is 1. The molecule has 1 heterocycles. The van der Waals surface area contributed by atoms with E-state index in [0.717, 1.165) is 0 Å². The van der Waals surface area contributed by atoms with Crippen LogP contribution in [0.2, 0.25) is 5.02 Å². The molecule has 0 aromatic heterocycles. The van der Waals surface area contributed by atoms with Crippen LogP contribution < -0.4 is 15.8 Å². The summed E-state index contributed by atoms with van der Waals surface area (Å²) in [5, 5.41) is 3.06. The fourth-order valence-electron chi connectivity index (χ4n) is 3.43. The zero-order valence-corrected chi connectivity index (χ0v) is 18.6. The van der Waals surface area contributed by atoms with Gasteiger partial charge >= 0.3 is 0 Å². The van der Waals surface area contributed by atoms with Crippen LogP contribution in [0.25, 0.3) is 0 Å². The monoisotopic (exact) mass is 465 g/mol. The third kappa shape index (κ3) is 5.36. The molecule has 1 atom stereocenters. The standard InChI is InChI=1S/C21H24ClN3O5S/c1-2-30-18-10-7-16(22)12-19(18)31(28,29)25-11-3-4-15(13-25)21(27)24-17-8-5-14(6-9-17)20(23)26/h5-10,12,15H,2-4,11,13H2,1H3,(H2,23,26)(H,24,27). The highest BCUT2D eigenvalue weighted by Crippen LogP contribution is 2.32. The predicted octanol–water partition coefficient (Wildman–Crippen LogP) is 2.88. The van der Waals surface area contributed by atoms with Crippen LogP contribution in [0.1, 0.15) is 30.1 Å². The summed E-state index contributed by atoms with van der Waals surface area (Å²) < 4.78 is 33.3. The van der Waals surface area contributed by atoms with Gasteiger partial charge < -0.3 is 15.8 Å². The number of benzene rings is 2. The minimum absolute atomic E-state index is 0.00931. The number of ether oxygens (including phenoxy) is 1. The Morgan fingerprint density at radius 2 is 1.94 bits per heavy atom. The summed E-state index contributed by atoms with van der Waals surface area (Å²) in [6.07, 6.45) is 1.10. The molecule has 1 aliphatic heterocycles. The van der Waals surface area contributed by atoms with E-state index in [9.17, 15) is 18.0 Å². The molecule has 10 heteroatoms. The number of sulfonamides is 1. The molecule has 3 rings (SSSR count). The van der Waals surface area contributed by atoms with Gasteiger partial charge in [-0.15, -0.1) is 0 Å². The van der Waals surface area contributed by atoms with E-state index >= 15 is 0 Å². The van der Waals surface area contributed by atoms with Gasteiger partial charge in [0.05, 0.1) is 12.5 Å². The number of hydrogen-bond acceptors (Lipinski definition) is 5. The maximum Gasteiger partial charge on any atom is 0.248 e. The number of amides is 2. The summed E-state index contributed by atoms with van der Waals surface area (Å²) in [6.45, 7) is 2.43. The van der Waals surface area contributed by atoms with Gasteiger partial charge in [0.1, 0.15) is 10.6 Å². The summed E-state index contributed by atoms with van der Waals surface area (Å²) in [5.74, 6) is -1.14. The van der Waals surface area contributed by atoms with Crippen molar-refractivity contribution in [1.82, 2.24) is 4.31 Å². The second-order valence-electron chi connectivity index (χ2n) is 7.16. The summed E-state index contributed by atoms with van der Waals surface area (Å²) in [5.41, 5.74) is 6.06. The Morgan fingerprint density at radius 3 is 2.58 bits per heavy atom. The molecule has 1 fully saturated rings. The number of nitrogens with zero attached hydrogens (tertiary/aromatic N) is 1. The first-order valence-electron chi connectivity index (χ1n) is 9.85. The van der Waals surface area contributed by atoms with Crippen LogP contribution in [-0.2, 0) is 14.8 Å². The number of rotatable bonds is 7. The van der Waals surface area contributed by atoms with E-state index in [2.05, 4.69) is 5.32 Å². The molecule has 0 saturated carbocycles. The quantitative estimate of drug-likeness (QED) is 0.651. The number of primary amides is 1. The first-order chi connectivity index (χ1) is 14.7. The van der Waals surface area contributed by atoms with Crippen molar-refractivity contribution in [1.29, 1.82) is 0 Å². The van der Waals surface area contributed by atoms with Gasteiger partial charge in [0, 0.05) is 29.4 Å². The van der Waals surface area contributed by atoms with Crippen molar-refractivity contribution >= 4 is 39.1 Å². The topological polar surface area (TPSA) is 119 Å². The lowest BCUT2D eigenvalue weighted by atomic mass is 9.98. The number of piperidine rings is 1. The number of anilines is 1. The normalized spacial score (nSPS) is 17.2. The molecular formula is C21H24ClN3O5S. The first-order valence-corrected chi connectivity index (χ1v) is 11.7. The van der Waals surface area contributed by atoms with Crippen LogP contribution in [0.3, 0.4) is 0 Å². The molecule has 0 bridgehead atoms. The van der Waals surface area contributed by atoms with Crippen LogP contribution >= 0.6 is 11.6 Å². The molecule has 0 spiro atoms. The molecule has 1 aliphatic rings.